The van der Waals surface area contributed by atoms with Crippen LogP contribution < -0.4 is 5.43 Å². The predicted octanol–water partition coefficient (Wildman–Crippen LogP) is 2.32. The van der Waals surface area contributed by atoms with Crippen LogP contribution in [0.5, 0.6) is 0 Å². The maximum absolute atomic E-state index is 11.4. The second-order valence-electron chi connectivity index (χ2n) is 4.29. The zero-order valence-corrected chi connectivity index (χ0v) is 9.27. The van der Waals surface area contributed by atoms with E-state index < -0.39 is 0 Å². The molecule has 1 N–H and O–H groups in total. The number of carbonyl (C=O) groups excluding carboxylic acids is 1. The molecule has 0 aromatic carbocycles. The Kier molecular flexibility index (Phi) is 4.67. The molecule has 0 saturated carbocycles. The van der Waals surface area contributed by atoms with Gasteiger partial charge in [0.2, 0.25) is 5.91 Å². The van der Waals surface area contributed by atoms with E-state index in [2.05, 4.69) is 17.5 Å². The van der Waals surface area contributed by atoms with Gasteiger partial charge in [-0.25, -0.2) is 5.43 Å². The third-order valence-electron chi connectivity index (χ3n) is 1.64. The fourth-order valence-corrected chi connectivity index (χ4v) is 0.732. The van der Waals surface area contributed by atoms with Crippen molar-refractivity contribution in [2.24, 2.45) is 10.5 Å². The summed E-state index contributed by atoms with van der Waals surface area (Å²) in [6.45, 7) is 9.62. The van der Waals surface area contributed by atoms with Crippen molar-refractivity contribution >= 4 is 11.6 Å². The van der Waals surface area contributed by atoms with Crippen molar-refractivity contribution in [3.8, 4) is 0 Å². The molecular weight excluding hydrogens is 164 g/mol. The summed E-state index contributed by atoms with van der Waals surface area (Å²) in [6, 6.07) is 0. The molecule has 3 heteroatoms. The molecule has 0 fully saturated rings. The van der Waals surface area contributed by atoms with Gasteiger partial charge in [-0.3, -0.25) is 4.79 Å². The Bertz CT molecular complexity index is 201. The Morgan fingerprint density at radius 3 is 2.31 bits per heavy atom. The zero-order valence-electron chi connectivity index (χ0n) is 9.27. The summed E-state index contributed by atoms with van der Waals surface area (Å²) in [5.41, 5.74) is 3.16. The molecule has 13 heavy (non-hydrogen) atoms. The van der Waals surface area contributed by atoms with E-state index in [1.807, 2.05) is 27.7 Å². The first-order chi connectivity index (χ1) is 5.88. The monoisotopic (exact) mass is 184 g/mol. The SMILES string of the molecule is CCC/C(C)=N/NC(=O)C(C)(C)C. The van der Waals surface area contributed by atoms with Crippen molar-refractivity contribution in [1.29, 1.82) is 0 Å². The van der Waals surface area contributed by atoms with Crippen LogP contribution in [0.3, 0.4) is 0 Å². The molecule has 0 spiro atoms. The largest absolute Gasteiger partial charge is 0.273 e. The second kappa shape index (κ2) is 5.00. The Morgan fingerprint density at radius 2 is 1.92 bits per heavy atom. The van der Waals surface area contributed by atoms with E-state index in [1.54, 1.807) is 0 Å². The fraction of sp³-hybridized carbons (Fsp3) is 0.800. The van der Waals surface area contributed by atoms with Gasteiger partial charge in [-0.15, -0.1) is 0 Å². The van der Waals surface area contributed by atoms with E-state index in [4.69, 9.17) is 0 Å². The quantitative estimate of drug-likeness (QED) is 0.531. The number of hydrogen-bond donors (Lipinski definition) is 1. The number of nitrogens with one attached hydrogen (secondary N) is 1. The average molecular weight is 184 g/mol. The van der Waals surface area contributed by atoms with Gasteiger partial charge in [0.05, 0.1) is 0 Å². The summed E-state index contributed by atoms with van der Waals surface area (Å²) in [5, 5.41) is 4.00. The molecule has 0 saturated heterocycles. The highest BCUT2D eigenvalue weighted by atomic mass is 16.2. The van der Waals surface area contributed by atoms with Crippen LogP contribution in [0.2, 0.25) is 0 Å². The smallest absolute Gasteiger partial charge is 0.245 e. The van der Waals surface area contributed by atoms with E-state index in [0.29, 0.717) is 0 Å². The van der Waals surface area contributed by atoms with E-state index in [-0.39, 0.29) is 11.3 Å². The number of rotatable bonds is 3. The first-order valence-corrected chi connectivity index (χ1v) is 4.71. The molecule has 0 unspecified atom stereocenters. The van der Waals surface area contributed by atoms with Crippen LogP contribution in [-0.4, -0.2) is 11.6 Å². The Morgan fingerprint density at radius 1 is 1.38 bits per heavy atom. The third-order valence-corrected chi connectivity index (χ3v) is 1.64. The Balaban J connectivity index is 4.02. The second-order valence-corrected chi connectivity index (χ2v) is 4.29. The third kappa shape index (κ3) is 5.39. The van der Waals surface area contributed by atoms with Crippen molar-refractivity contribution in [2.75, 3.05) is 0 Å². The molecule has 0 aliphatic heterocycles. The highest BCUT2D eigenvalue weighted by Gasteiger charge is 2.20. The van der Waals surface area contributed by atoms with Crippen molar-refractivity contribution in [1.82, 2.24) is 5.43 Å². The molecule has 0 aliphatic carbocycles. The summed E-state index contributed by atoms with van der Waals surface area (Å²) in [5.74, 6) is -0.0389. The lowest BCUT2D eigenvalue weighted by Crippen LogP contribution is -2.31. The fourth-order valence-electron chi connectivity index (χ4n) is 0.732. The van der Waals surface area contributed by atoms with Gasteiger partial charge in [-0.1, -0.05) is 34.1 Å². The van der Waals surface area contributed by atoms with E-state index in [0.717, 1.165) is 18.6 Å². The predicted molar refractivity (Wildman–Crippen MR) is 55.6 cm³/mol. The summed E-state index contributed by atoms with van der Waals surface area (Å²) in [7, 11) is 0. The molecule has 1 amide bonds. The lowest BCUT2D eigenvalue weighted by Gasteiger charge is -2.15. The van der Waals surface area contributed by atoms with Gasteiger partial charge >= 0.3 is 0 Å². The van der Waals surface area contributed by atoms with Gasteiger partial charge in [0.25, 0.3) is 0 Å². The minimum atomic E-state index is -0.365. The Labute approximate surface area is 80.6 Å². The molecule has 0 aliphatic rings. The number of hydrogen-bond acceptors (Lipinski definition) is 2. The molecule has 0 aromatic heterocycles. The standard InChI is InChI=1S/C10H20N2O/c1-6-7-8(2)11-12-9(13)10(3,4)5/h6-7H2,1-5H3,(H,12,13)/b11-8+. The highest BCUT2D eigenvalue weighted by Crippen LogP contribution is 2.12. The topological polar surface area (TPSA) is 41.5 Å². The van der Waals surface area contributed by atoms with Gasteiger partial charge in [0.1, 0.15) is 0 Å². The molecule has 0 atom stereocenters. The lowest BCUT2D eigenvalue weighted by atomic mass is 9.96. The minimum Gasteiger partial charge on any atom is -0.273 e. The van der Waals surface area contributed by atoms with Crippen molar-refractivity contribution in [3.05, 3.63) is 0 Å². The zero-order chi connectivity index (χ0) is 10.5. The van der Waals surface area contributed by atoms with Crippen LogP contribution >= 0.6 is 0 Å². The summed E-state index contributed by atoms with van der Waals surface area (Å²) >= 11 is 0. The summed E-state index contributed by atoms with van der Waals surface area (Å²) < 4.78 is 0. The molecule has 0 heterocycles. The molecule has 0 radical (unpaired) electrons. The van der Waals surface area contributed by atoms with Gasteiger partial charge in [0, 0.05) is 11.1 Å². The first-order valence-electron chi connectivity index (χ1n) is 4.71. The highest BCUT2D eigenvalue weighted by molar-refractivity contribution is 5.86. The molecule has 3 nitrogen and oxygen atoms in total. The van der Waals surface area contributed by atoms with Gasteiger partial charge in [-0.2, -0.15) is 5.10 Å². The van der Waals surface area contributed by atoms with Gasteiger partial charge in [-0.05, 0) is 13.3 Å². The van der Waals surface area contributed by atoms with Crippen molar-refractivity contribution in [2.45, 2.75) is 47.5 Å². The molecule has 0 bridgehead atoms. The van der Waals surface area contributed by atoms with E-state index in [1.165, 1.54) is 0 Å². The lowest BCUT2D eigenvalue weighted by molar-refractivity contribution is -0.128. The Hall–Kier alpha value is -0.860. The summed E-state index contributed by atoms with van der Waals surface area (Å²) in [6.07, 6.45) is 1.99. The van der Waals surface area contributed by atoms with Gasteiger partial charge in [0.15, 0.2) is 0 Å². The van der Waals surface area contributed by atoms with Gasteiger partial charge < -0.3 is 0 Å². The molecule has 76 valence electrons. The number of amides is 1. The maximum Gasteiger partial charge on any atom is 0.245 e. The summed E-state index contributed by atoms with van der Waals surface area (Å²) in [4.78, 5) is 11.4. The van der Waals surface area contributed by atoms with Crippen molar-refractivity contribution in [3.63, 3.8) is 0 Å². The van der Waals surface area contributed by atoms with E-state index >= 15 is 0 Å². The maximum atomic E-state index is 11.4. The molecule has 0 aromatic rings. The first kappa shape index (κ1) is 12.1. The molecule has 0 rings (SSSR count). The van der Waals surface area contributed by atoms with Crippen molar-refractivity contribution < 1.29 is 4.79 Å². The van der Waals surface area contributed by atoms with E-state index in [9.17, 15) is 4.79 Å². The van der Waals surface area contributed by atoms with Crippen LogP contribution in [0.15, 0.2) is 5.10 Å². The van der Waals surface area contributed by atoms with Crippen LogP contribution in [0.4, 0.5) is 0 Å². The number of hydrazone groups is 1. The molecular formula is C10H20N2O. The minimum absolute atomic E-state index is 0.0389. The number of nitrogens with zero attached hydrogens (tertiary/aromatic N) is 1. The normalized spacial score (nSPS) is 12.8. The van der Waals surface area contributed by atoms with Crippen LogP contribution in [0.25, 0.3) is 0 Å². The number of carbonyl (C=O) groups is 1. The average Bonchev–Trinajstić information content (AvgIpc) is 1.99. The van der Waals surface area contributed by atoms with Crippen LogP contribution in [-0.2, 0) is 4.79 Å². The van der Waals surface area contributed by atoms with Crippen LogP contribution in [0, 0.1) is 5.41 Å². The van der Waals surface area contributed by atoms with Crippen LogP contribution in [0.1, 0.15) is 47.5 Å².